The van der Waals surface area contributed by atoms with Gasteiger partial charge in [0.25, 0.3) is 0 Å². The molecule has 0 spiro atoms. The van der Waals surface area contributed by atoms with Crippen LogP contribution in [0.15, 0.2) is 35.5 Å². The summed E-state index contributed by atoms with van der Waals surface area (Å²) in [5, 5.41) is 0.699. The van der Waals surface area contributed by atoms with Crippen LogP contribution in [0.1, 0.15) is 12.7 Å². The van der Waals surface area contributed by atoms with Gasteiger partial charge in [-0.3, -0.25) is 0 Å². The van der Waals surface area contributed by atoms with Crippen molar-refractivity contribution in [1.29, 1.82) is 0 Å². The van der Waals surface area contributed by atoms with E-state index in [0.717, 1.165) is 23.0 Å². The number of hydrogen-bond acceptors (Lipinski definition) is 3. The molecule has 0 fully saturated rings. The van der Waals surface area contributed by atoms with Crippen molar-refractivity contribution in [3.8, 4) is 0 Å². The lowest BCUT2D eigenvalue weighted by atomic mass is 10.3. The molecular formula is C12H14ClN3S. The summed E-state index contributed by atoms with van der Waals surface area (Å²) in [6.45, 7) is 3.04. The minimum absolute atomic E-state index is 0.689. The molecule has 2 aromatic rings. The molecule has 17 heavy (non-hydrogen) atoms. The van der Waals surface area contributed by atoms with Crippen molar-refractivity contribution < 1.29 is 0 Å². The normalized spacial score (nSPS) is 10.7. The Balaban J connectivity index is 2.07. The molecule has 0 amide bonds. The van der Waals surface area contributed by atoms with Crippen molar-refractivity contribution in [2.24, 2.45) is 0 Å². The molecule has 0 aliphatic carbocycles. The van der Waals surface area contributed by atoms with E-state index in [1.54, 1.807) is 17.8 Å². The van der Waals surface area contributed by atoms with Crippen LogP contribution >= 0.6 is 23.4 Å². The van der Waals surface area contributed by atoms with E-state index in [-0.39, 0.29) is 0 Å². The predicted molar refractivity (Wildman–Crippen MR) is 73.3 cm³/mol. The van der Waals surface area contributed by atoms with E-state index in [1.165, 1.54) is 0 Å². The van der Waals surface area contributed by atoms with Gasteiger partial charge in [0.15, 0.2) is 0 Å². The molecule has 2 rings (SSSR count). The molecule has 3 nitrogen and oxygen atoms in total. The molecule has 0 radical (unpaired) electrons. The van der Waals surface area contributed by atoms with E-state index in [0.29, 0.717) is 10.7 Å². The SMILES string of the molecule is CCn1ccnc1CSc1ccc(N)cc1Cl. The summed E-state index contributed by atoms with van der Waals surface area (Å²) in [5.41, 5.74) is 6.34. The van der Waals surface area contributed by atoms with Gasteiger partial charge in [0.1, 0.15) is 5.82 Å². The van der Waals surface area contributed by atoms with Crippen LogP contribution in [-0.4, -0.2) is 9.55 Å². The van der Waals surface area contributed by atoms with Crippen molar-refractivity contribution in [2.45, 2.75) is 24.1 Å². The van der Waals surface area contributed by atoms with Gasteiger partial charge in [-0.05, 0) is 25.1 Å². The Kier molecular flexibility index (Phi) is 3.97. The first-order valence-corrected chi connectivity index (χ1v) is 6.75. The number of hydrogen-bond donors (Lipinski definition) is 1. The fourth-order valence-corrected chi connectivity index (χ4v) is 2.78. The highest BCUT2D eigenvalue weighted by Crippen LogP contribution is 2.30. The average Bonchev–Trinajstić information content (AvgIpc) is 2.75. The molecule has 90 valence electrons. The molecule has 1 aromatic heterocycles. The van der Waals surface area contributed by atoms with E-state index in [9.17, 15) is 0 Å². The highest BCUT2D eigenvalue weighted by Gasteiger charge is 2.05. The van der Waals surface area contributed by atoms with Gasteiger partial charge in [0.05, 0.1) is 10.8 Å². The number of aromatic nitrogens is 2. The third-order valence-electron chi connectivity index (χ3n) is 2.46. The maximum atomic E-state index is 6.12. The van der Waals surface area contributed by atoms with Gasteiger partial charge in [0.2, 0.25) is 0 Å². The van der Waals surface area contributed by atoms with E-state index in [4.69, 9.17) is 17.3 Å². The van der Waals surface area contributed by atoms with Crippen LogP contribution in [0.2, 0.25) is 5.02 Å². The monoisotopic (exact) mass is 267 g/mol. The summed E-state index contributed by atoms with van der Waals surface area (Å²) in [7, 11) is 0. The molecule has 1 heterocycles. The highest BCUT2D eigenvalue weighted by atomic mass is 35.5. The Hall–Kier alpha value is -1.13. The van der Waals surface area contributed by atoms with Crippen LogP contribution in [0.5, 0.6) is 0 Å². The molecule has 1 aromatic carbocycles. The van der Waals surface area contributed by atoms with Crippen molar-refractivity contribution in [3.05, 3.63) is 41.4 Å². The quantitative estimate of drug-likeness (QED) is 0.682. The summed E-state index contributed by atoms with van der Waals surface area (Å²) < 4.78 is 2.12. The third-order valence-corrected chi connectivity index (χ3v) is 3.95. The second-order valence-corrected chi connectivity index (χ2v) is 5.03. The van der Waals surface area contributed by atoms with Crippen LogP contribution in [0.4, 0.5) is 5.69 Å². The predicted octanol–water partition coefficient (Wildman–Crippen LogP) is 3.43. The summed E-state index contributed by atoms with van der Waals surface area (Å²) in [4.78, 5) is 5.36. The number of nitrogen functional groups attached to an aromatic ring is 1. The first-order chi connectivity index (χ1) is 8.20. The molecule has 0 unspecified atom stereocenters. The molecule has 5 heteroatoms. The molecule has 0 bridgehead atoms. The second kappa shape index (κ2) is 5.47. The summed E-state index contributed by atoms with van der Waals surface area (Å²) >= 11 is 7.79. The van der Waals surface area contributed by atoms with Crippen molar-refractivity contribution in [3.63, 3.8) is 0 Å². The number of benzene rings is 1. The standard InChI is InChI=1S/C12H14ClN3S/c1-2-16-6-5-15-12(16)8-17-11-4-3-9(14)7-10(11)13/h3-7H,2,8,14H2,1H3. The molecule has 0 aliphatic heterocycles. The Bertz CT molecular complexity index is 510. The van der Waals surface area contributed by atoms with E-state index in [1.807, 2.05) is 24.5 Å². The van der Waals surface area contributed by atoms with Gasteiger partial charge >= 0.3 is 0 Å². The maximum Gasteiger partial charge on any atom is 0.119 e. The van der Waals surface area contributed by atoms with Gasteiger partial charge in [-0.25, -0.2) is 4.98 Å². The Morgan fingerprint density at radius 3 is 3.00 bits per heavy atom. The summed E-state index contributed by atoms with van der Waals surface area (Å²) in [6.07, 6.45) is 3.81. The van der Waals surface area contributed by atoms with Crippen molar-refractivity contribution in [2.75, 3.05) is 5.73 Å². The van der Waals surface area contributed by atoms with Crippen LogP contribution in [0.25, 0.3) is 0 Å². The van der Waals surface area contributed by atoms with Gasteiger partial charge in [-0.15, -0.1) is 11.8 Å². The van der Waals surface area contributed by atoms with Gasteiger partial charge in [-0.2, -0.15) is 0 Å². The number of rotatable bonds is 4. The lowest BCUT2D eigenvalue weighted by Gasteiger charge is -2.06. The minimum atomic E-state index is 0.689. The van der Waals surface area contributed by atoms with Gasteiger partial charge in [-0.1, -0.05) is 11.6 Å². The molecular weight excluding hydrogens is 254 g/mol. The van der Waals surface area contributed by atoms with Crippen LogP contribution < -0.4 is 5.73 Å². The Labute approximate surface area is 110 Å². The fourth-order valence-electron chi connectivity index (χ4n) is 1.54. The van der Waals surface area contributed by atoms with Crippen LogP contribution in [-0.2, 0) is 12.3 Å². The second-order valence-electron chi connectivity index (χ2n) is 3.61. The number of thioether (sulfide) groups is 1. The molecule has 2 N–H and O–H groups in total. The zero-order chi connectivity index (χ0) is 12.3. The van der Waals surface area contributed by atoms with E-state index >= 15 is 0 Å². The highest BCUT2D eigenvalue weighted by molar-refractivity contribution is 7.98. The number of anilines is 1. The smallest absolute Gasteiger partial charge is 0.119 e. The lowest BCUT2D eigenvalue weighted by Crippen LogP contribution is -1.98. The van der Waals surface area contributed by atoms with E-state index in [2.05, 4.69) is 16.5 Å². The van der Waals surface area contributed by atoms with Crippen LogP contribution in [0, 0.1) is 0 Å². The average molecular weight is 268 g/mol. The number of imidazole rings is 1. The van der Waals surface area contributed by atoms with Crippen molar-refractivity contribution in [1.82, 2.24) is 9.55 Å². The topological polar surface area (TPSA) is 43.8 Å². The first kappa shape index (κ1) is 12.3. The van der Waals surface area contributed by atoms with Gasteiger partial charge in [0, 0.05) is 29.5 Å². The largest absolute Gasteiger partial charge is 0.399 e. The number of halogens is 1. The number of aryl methyl sites for hydroxylation is 1. The minimum Gasteiger partial charge on any atom is -0.399 e. The van der Waals surface area contributed by atoms with E-state index < -0.39 is 0 Å². The molecule has 0 aliphatic rings. The van der Waals surface area contributed by atoms with Gasteiger partial charge < -0.3 is 10.3 Å². The first-order valence-electron chi connectivity index (χ1n) is 5.38. The Morgan fingerprint density at radius 1 is 1.47 bits per heavy atom. The number of nitrogens with two attached hydrogens (primary N) is 1. The zero-order valence-electron chi connectivity index (χ0n) is 9.56. The Morgan fingerprint density at radius 2 is 2.29 bits per heavy atom. The fraction of sp³-hybridized carbons (Fsp3) is 0.250. The number of nitrogens with zero attached hydrogens (tertiary/aromatic N) is 2. The lowest BCUT2D eigenvalue weighted by molar-refractivity contribution is 0.726. The summed E-state index contributed by atoms with van der Waals surface area (Å²) in [6, 6.07) is 5.58. The molecule has 0 saturated heterocycles. The molecule has 0 atom stereocenters. The molecule has 0 saturated carbocycles. The summed E-state index contributed by atoms with van der Waals surface area (Å²) in [5.74, 6) is 1.87. The van der Waals surface area contributed by atoms with Crippen molar-refractivity contribution >= 4 is 29.1 Å². The van der Waals surface area contributed by atoms with Crippen LogP contribution in [0.3, 0.4) is 0 Å². The zero-order valence-corrected chi connectivity index (χ0v) is 11.1. The third kappa shape index (κ3) is 2.96. The maximum absolute atomic E-state index is 6.12.